The van der Waals surface area contributed by atoms with Gasteiger partial charge in [-0.3, -0.25) is 4.79 Å². The van der Waals surface area contributed by atoms with E-state index in [4.69, 9.17) is 5.11 Å². The molecule has 1 fully saturated rings. The molecule has 80 valence electrons. The number of thioether (sulfide) groups is 1. The number of amides is 1. The first-order valence-corrected chi connectivity index (χ1v) is 6.13. The van der Waals surface area contributed by atoms with E-state index in [0.29, 0.717) is 18.8 Å². The highest BCUT2D eigenvalue weighted by atomic mass is 32.2. The maximum atomic E-state index is 11.3. The molecule has 0 unspecified atom stereocenters. The van der Waals surface area contributed by atoms with Crippen LogP contribution in [-0.2, 0) is 6.54 Å². The lowest BCUT2D eigenvalue weighted by Gasteiger charge is -2.11. The zero-order valence-electron chi connectivity index (χ0n) is 7.67. The number of carboxylic acids is 1. The number of aromatic nitrogens is 1. The third kappa shape index (κ3) is 2.29. The van der Waals surface area contributed by atoms with Crippen LogP contribution in [0.3, 0.4) is 0 Å². The van der Waals surface area contributed by atoms with Crippen molar-refractivity contribution in [3.63, 3.8) is 0 Å². The second kappa shape index (κ2) is 4.19. The molecule has 5 nitrogen and oxygen atoms in total. The summed E-state index contributed by atoms with van der Waals surface area (Å²) in [5.74, 6) is -0.220. The molecule has 1 aromatic rings. The number of nitrogens with zero attached hydrogens (tertiary/aromatic N) is 2. The molecule has 2 heterocycles. The van der Waals surface area contributed by atoms with Crippen molar-refractivity contribution in [1.29, 1.82) is 0 Å². The van der Waals surface area contributed by atoms with Gasteiger partial charge in [0.05, 0.1) is 12.2 Å². The molecule has 1 N–H and O–H groups in total. The first-order chi connectivity index (χ1) is 7.16. The van der Waals surface area contributed by atoms with Gasteiger partial charge < -0.3 is 10.0 Å². The van der Waals surface area contributed by atoms with Crippen molar-refractivity contribution in [2.24, 2.45) is 0 Å². The van der Waals surface area contributed by atoms with Crippen molar-refractivity contribution in [1.82, 2.24) is 9.88 Å². The Labute approximate surface area is 94.1 Å². The maximum absolute atomic E-state index is 11.3. The molecule has 1 aliphatic heterocycles. The van der Waals surface area contributed by atoms with Gasteiger partial charge in [-0.2, -0.15) is 0 Å². The van der Waals surface area contributed by atoms with Gasteiger partial charge in [0, 0.05) is 17.7 Å². The van der Waals surface area contributed by atoms with Crippen LogP contribution in [0, 0.1) is 0 Å². The zero-order valence-corrected chi connectivity index (χ0v) is 9.31. The van der Waals surface area contributed by atoms with Gasteiger partial charge in [0.2, 0.25) is 5.01 Å². The molecule has 0 radical (unpaired) electrons. The van der Waals surface area contributed by atoms with Gasteiger partial charge in [-0.25, -0.2) is 9.78 Å². The van der Waals surface area contributed by atoms with Crippen LogP contribution in [0.15, 0.2) is 5.38 Å². The number of aromatic carboxylic acids is 1. The molecule has 0 aromatic carbocycles. The molecular formula is C8H8N2O3S2. The van der Waals surface area contributed by atoms with Crippen molar-refractivity contribution in [3.8, 4) is 0 Å². The number of rotatable bonds is 3. The Morgan fingerprint density at radius 1 is 1.67 bits per heavy atom. The number of carbonyl (C=O) groups is 2. The van der Waals surface area contributed by atoms with E-state index in [1.54, 1.807) is 10.3 Å². The molecular weight excluding hydrogens is 236 g/mol. The molecule has 2 rings (SSSR count). The highest BCUT2D eigenvalue weighted by Crippen LogP contribution is 2.20. The van der Waals surface area contributed by atoms with E-state index in [2.05, 4.69) is 4.98 Å². The fourth-order valence-corrected chi connectivity index (χ4v) is 2.71. The average Bonchev–Trinajstić information content (AvgIpc) is 2.77. The summed E-state index contributed by atoms with van der Waals surface area (Å²) in [6.07, 6.45) is 0. The van der Waals surface area contributed by atoms with Crippen molar-refractivity contribution in [3.05, 3.63) is 16.1 Å². The van der Waals surface area contributed by atoms with E-state index in [0.717, 1.165) is 17.1 Å². The van der Waals surface area contributed by atoms with Gasteiger partial charge in [-0.1, -0.05) is 11.8 Å². The third-order valence-electron chi connectivity index (χ3n) is 1.93. The fraction of sp³-hybridized carbons (Fsp3) is 0.375. The lowest BCUT2D eigenvalue weighted by atomic mass is 10.4. The largest absolute Gasteiger partial charge is 0.476 e. The molecule has 0 bridgehead atoms. The van der Waals surface area contributed by atoms with Crippen LogP contribution < -0.4 is 0 Å². The van der Waals surface area contributed by atoms with E-state index in [1.807, 2.05) is 0 Å². The normalized spacial score (nSPS) is 16.0. The summed E-state index contributed by atoms with van der Waals surface area (Å²) >= 11 is 2.37. The Kier molecular flexibility index (Phi) is 2.92. The van der Waals surface area contributed by atoms with E-state index < -0.39 is 5.97 Å². The lowest BCUT2D eigenvalue weighted by molar-refractivity contribution is 0.0696. The quantitative estimate of drug-likeness (QED) is 0.872. The van der Waals surface area contributed by atoms with Crippen molar-refractivity contribution in [2.75, 3.05) is 12.3 Å². The number of carbonyl (C=O) groups excluding carboxylic acids is 1. The highest BCUT2D eigenvalue weighted by Gasteiger charge is 2.22. The Hall–Kier alpha value is -1.08. The van der Waals surface area contributed by atoms with Gasteiger partial charge in [0.1, 0.15) is 0 Å². The van der Waals surface area contributed by atoms with Gasteiger partial charge in [-0.15, -0.1) is 11.3 Å². The van der Waals surface area contributed by atoms with Crippen LogP contribution in [0.5, 0.6) is 0 Å². The first-order valence-electron chi connectivity index (χ1n) is 4.26. The molecule has 0 spiro atoms. The number of hydrogen-bond acceptors (Lipinski definition) is 5. The molecule has 1 saturated heterocycles. The molecule has 7 heteroatoms. The summed E-state index contributed by atoms with van der Waals surface area (Å²) in [4.78, 5) is 27.4. The van der Waals surface area contributed by atoms with Crippen LogP contribution in [0.1, 0.15) is 15.5 Å². The SMILES string of the molecule is O=C(O)c1nc(CN2CCSC2=O)cs1. The monoisotopic (exact) mass is 244 g/mol. The summed E-state index contributed by atoms with van der Waals surface area (Å²) < 4.78 is 0. The van der Waals surface area contributed by atoms with E-state index in [-0.39, 0.29) is 10.2 Å². The first kappa shape index (κ1) is 10.4. The van der Waals surface area contributed by atoms with Crippen molar-refractivity contribution >= 4 is 34.3 Å². The Balaban J connectivity index is 2.04. The Bertz CT molecular complexity index is 404. The molecule has 15 heavy (non-hydrogen) atoms. The minimum absolute atomic E-state index is 0.0416. The molecule has 1 amide bonds. The standard InChI is InChI=1S/C8H8N2O3S2/c11-7(12)6-9-5(4-15-6)3-10-1-2-14-8(10)13/h4H,1-3H2,(H,11,12). The van der Waals surface area contributed by atoms with E-state index >= 15 is 0 Å². The average molecular weight is 244 g/mol. The molecule has 1 aromatic heterocycles. The molecule has 0 saturated carbocycles. The number of hydrogen-bond donors (Lipinski definition) is 1. The summed E-state index contributed by atoms with van der Waals surface area (Å²) in [6.45, 7) is 1.12. The molecule has 0 atom stereocenters. The summed E-state index contributed by atoms with van der Waals surface area (Å²) in [6, 6.07) is 0. The summed E-state index contributed by atoms with van der Waals surface area (Å²) in [7, 11) is 0. The van der Waals surface area contributed by atoms with Gasteiger partial charge in [-0.05, 0) is 0 Å². The summed E-state index contributed by atoms with van der Waals surface area (Å²) in [5.41, 5.74) is 0.647. The second-order valence-electron chi connectivity index (χ2n) is 2.99. The minimum atomic E-state index is -1.02. The van der Waals surface area contributed by atoms with Crippen LogP contribution in [0.4, 0.5) is 4.79 Å². The smallest absolute Gasteiger partial charge is 0.365 e. The predicted octanol–water partition coefficient (Wildman–Crippen LogP) is 1.51. The maximum Gasteiger partial charge on any atom is 0.365 e. The van der Waals surface area contributed by atoms with Crippen LogP contribution >= 0.6 is 23.1 Å². The molecule has 1 aliphatic rings. The van der Waals surface area contributed by atoms with Crippen molar-refractivity contribution in [2.45, 2.75) is 6.54 Å². The highest BCUT2D eigenvalue weighted by molar-refractivity contribution is 8.13. The third-order valence-corrected chi connectivity index (χ3v) is 3.70. The number of thiazole rings is 1. The lowest BCUT2D eigenvalue weighted by Crippen LogP contribution is -2.22. The topological polar surface area (TPSA) is 70.5 Å². The summed E-state index contributed by atoms with van der Waals surface area (Å²) in [5, 5.41) is 10.5. The second-order valence-corrected chi connectivity index (χ2v) is 4.89. The van der Waals surface area contributed by atoms with Crippen molar-refractivity contribution < 1.29 is 14.7 Å². The zero-order chi connectivity index (χ0) is 10.8. The van der Waals surface area contributed by atoms with E-state index in [1.165, 1.54) is 11.8 Å². The predicted molar refractivity (Wildman–Crippen MR) is 57.3 cm³/mol. The number of carboxylic acid groups (broad SMARTS) is 1. The van der Waals surface area contributed by atoms with Crippen LogP contribution in [-0.4, -0.2) is 38.5 Å². The van der Waals surface area contributed by atoms with Gasteiger partial charge in [0.25, 0.3) is 5.24 Å². The van der Waals surface area contributed by atoms with E-state index in [9.17, 15) is 9.59 Å². The molecule has 0 aliphatic carbocycles. The van der Waals surface area contributed by atoms with Gasteiger partial charge in [0.15, 0.2) is 0 Å². The Morgan fingerprint density at radius 3 is 3.00 bits per heavy atom. The van der Waals surface area contributed by atoms with Gasteiger partial charge >= 0.3 is 5.97 Å². The Morgan fingerprint density at radius 2 is 2.47 bits per heavy atom. The van der Waals surface area contributed by atoms with Crippen LogP contribution in [0.25, 0.3) is 0 Å². The fourth-order valence-electron chi connectivity index (χ4n) is 1.24. The van der Waals surface area contributed by atoms with Crippen LogP contribution in [0.2, 0.25) is 0 Å². The minimum Gasteiger partial charge on any atom is -0.476 e.